The van der Waals surface area contributed by atoms with E-state index >= 15 is 0 Å². The van der Waals surface area contributed by atoms with E-state index in [2.05, 4.69) is 48.2 Å². The van der Waals surface area contributed by atoms with Crippen LogP contribution >= 0.6 is 0 Å². The summed E-state index contributed by atoms with van der Waals surface area (Å²) in [6, 6.07) is 15.0. The van der Waals surface area contributed by atoms with E-state index in [1.807, 2.05) is 6.07 Å². The molecular formula is C22H30N2O2. The third kappa shape index (κ3) is 3.96. The van der Waals surface area contributed by atoms with Crippen molar-refractivity contribution in [3.05, 3.63) is 53.6 Å². The normalized spacial score (nSPS) is 14.7. The second-order valence-corrected chi connectivity index (χ2v) is 6.79. The Morgan fingerprint density at radius 3 is 2.77 bits per heavy atom. The lowest BCUT2D eigenvalue weighted by Gasteiger charge is -2.38. The van der Waals surface area contributed by atoms with Crippen LogP contribution in [-0.4, -0.2) is 26.8 Å². The highest BCUT2D eigenvalue weighted by Gasteiger charge is 2.25. The topological polar surface area (TPSA) is 47.7 Å². The van der Waals surface area contributed by atoms with Crippen LogP contribution in [0.2, 0.25) is 0 Å². The molecule has 0 radical (unpaired) electrons. The van der Waals surface area contributed by atoms with Gasteiger partial charge in [-0.2, -0.15) is 0 Å². The zero-order valence-corrected chi connectivity index (χ0v) is 15.9. The van der Waals surface area contributed by atoms with Gasteiger partial charge in [0.05, 0.1) is 19.8 Å². The Kier molecular flexibility index (Phi) is 6.40. The molecule has 140 valence electrons. The Morgan fingerprint density at radius 2 is 2.00 bits per heavy atom. The molecule has 0 fully saturated rings. The number of hydrogen-bond acceptors (Lipinski definition) is 4. The third-order valence-electron chi connectivity index (χ3n) is 5.07. The first-order chi connectivity index (χ1) is 12.8. The molecule has 1 atom stereocenters. The van der Waals surface area contributed by atoms with E-state index in [-0.39, 0.29) is 6.04 Å². The van der Waals surface area contributed by atoms with Gasteiger partial charge in [0.25, 0.3) is 0 Å². The second kappa shape index (κ2) is 8.95. The standard InChI is InChI=1S/C22H30N2O2/c1-3-4-14-26-21-12-11-18(15-22(21)25-2)20(16-23)24-13-7-9-17-8-5-6-10-19(17)24/h5-6,8,10-12,15,20H,3-4,7,9,13-14,16,23H2,1-2H3. The number of para-hydroxylation sites is 1. The average Bonchev–Trinajstić information content (AvgIpc) is 2.69. The largest absolute Gasteiger partial charge is 0.493 e. The average molecular weight is 354 g/mol. The molecule has 1 aliphatic rings. The summed E-state index contributed by atoms with van der Waals surface area (Å²) in [5.41, 5.74) is 10.1. The van der Waals surface area contributed by atoms with Gasteiger partial charge in [-0.05, 0) is 48.6 Å². The summed E-state index contributed by atoms with van der Waals surface area (Å²) in [5.74, 6) is 1.59. The van der Waals surface area contributed by atoms with Crippen molar-refractivity contribution >= 4 is 5.69 Å². The van der Waals surface area contributed by atoms with Crippen LogP contribution in [0.5, 0.6) is 11.5 Å². The van der Waals surface area contributed by atoms with E-state index in [0.29, 0.717) is 13.2 Å². The molecular weight excluding hydrogens is 324 g/mol. The van der Waals surface area contributed by atoms with Crippen LogP contribution in [0.1, 0.15) is 43.4 Å². The first kappa shape index (κ1) is 18.6. The molecule has 0 saturated heterocycles. The second-order valence-electron chi connectivity index (χ2n) is 6.79. The zero-order valence-electron chi connectivity index (χ0n) is 15.9. The SMILES string of the molecule is CCCCOc1ccc(C(CN)N2CCCc3ccccc32)cc1OC. The van der Waals surface area contributed by atoms with E-state index in [0.717, 1.165) is 43.7 Å². The maximum Gasteiger partial charge on any atom is 0.161 e. The molecule has 2 N–H and O–H groups in total. The monoisotopic (exact) mass is 354 g/mol. The van der Waals surface area contributed by atoms with E-state index in [1.165, 1.54) is 16.8 Å². The van der Waals surface area contributed by atoms with Crippen molar-refractivity contribution in [2.24, 2.45) is 5.73 Å². The van der Waals surface area contributed by atoms with Crippen molar-refractivity contribution in [2.45, 2.75) is 38.6 Å². The summed E-state index contributed by atoms with van der Waals surface area (Å²) in [5, 5.41) is 0. The van der Waals surface area contributed by atoms with Gasteiger partial charge in [0.1, 0.15) is 0 Å². The van der Waals surface area contributed by atoms with Crippen LogP contribution in [0, 0.1) is 0 Å². The molecule has 0 aromatic heterocycles. The number of hydrogen-bond donors (Lipinski definition) is 1. The van der Waals surface area contributed by atoms with Crippen molar-refractivity contribution in [2.75, 3.05) is 31.7 Å². The smallest absolute Gasteiger partial charge is 0.161 e. The maximum atomic E-state index is 6.21. The van der Waals surface area contributed by atoms with Gasteiger partial charge >= 0.3 is 0 Å². The minimum absolute atomic E-state index is 0.134. The van der Waals surface area contributed by atoms with Crippen molar-refractivity contribution < 1.29 is 9.47 Å². The summed E-state index contributed by atoms with van der Waals surface area (Å²) < 4.78 is 11.5. The summed E-state index contributed by atoms with van der Waals surface area (Å²) in [4.78, 5) is 2.44. The lowest BCUT2D eigenvalue weighted by atomic mass is 9.97. The lowest BCUT2D eigenvalue weighted by molar-refractivity contribution is 0.288. The van der Waals surface area contributed by atoms with Gasteiger partial charge in [-0.25, -0.2) is 0 Å². The molecule has 2 aromatic carbocycles. The molecule has 4 heteroatoms. The quantitative estimate of drug-likeness (QED) is 0.717. The van der Waals surface area contributed by atoms with Crippen LogP contribution < -0.4 is 20.1 Å². The molecule has 1 aliphatic heterocycles. The minimum atomic E-state index is 0.134. The van der Waals surface area contributed by atoms with Crippen molar-refractivity contribution in [3.8, 4) is 11.5 Å². The number of aryl methyl sites for hydroxylation is 1. The first-order valence-electron chi connectivity index (χ1n) is 9.63. The number of ether oxygens (including phenoxy) is 2. The number of benzene rings is 2. The number of nitrogens with zero attached hydrogens (tertiary/aromatic N) is 1. The Morgan fingerprint density at radius 1 is 1.15 bits per heavy atom. The van der Waals surface area contributed by atoms with Gasteiger partial charge in [-0.3, -0.25) is 0 Å². The number of nitrogens with two attached hydrogens (primary N) is 1. The Bertz CT molecular complexity index is 717. The fourth-order valence-electron chi connectivity index (χ4n) is 3.67. The van der Waals surface area contributed by atoms with Crippen molar-refractivity contribution in [1.29, 1.82) is 0 Å². The summed E-state index contributed by atoms with van der Waals surface area (Å²) in [6.07, 6.45) is 4.45. The highest BCUT2D eigenvalue weighted by Crippen LogP contribution is 2.36. The maximum absolute atomic E-state index is 6.21. The van der Waals surface area contributed by atoms with Crippen molar-refractivity contribution in [1.82, 2.24) is 0 Å². The molecule has 4 nitrogen and oxygen atoms in total. The molecule has 0 bridgehead atoms. The number of rotatable bonds is 8. The van der Waals surface area contributed by atoms with Gasteiger partial charge in [0.15, 0.2) is 11.5 Å². The van der Waals surface area contributed by atoms with Gasteiger partial charge in [-0.1, -0.05) is 37.6 Å². The number of anilines is 1. The Balaban J connectivity index is 1.87. The van der Waals surface area contributed by atoms with Crippen LogP contribution in [0.25, 0.3) is 0 Å². The molecule has 1 heterocycles. The molecule has 0 saturated carbocycles. The number of fused-ring (bicyclic) bond motifs is 1. The molecule has 2 aromatic rings. The molecule has 0 spiro atoms. The highest BCUT2D eigenvalue weighted by molar-refractivity contribution is 5.58. The van der Waals surface area contributed by atoms with E-state index in [9.17, 15) is 0 Å². The lowest BCUT2D eigenvalue weighted by Crippen LogP contribution is -2.37. The summed E-state index contributed by atoms with van der Waals surface area (Å²) >= 11 is 0. The predicted molar refractivity (Wildman–Crippen MR) is 107 cm³/mol. The van der Waals surface area contributed by atoms with Crippen molar-refractivity contribution in [3.63, 3.8) is 0 Å². The molecule has 1 unspecified atom stereocenters. The van der Waals surface area contributed by atoms with Crippen LogP contribution in [0.15, 0.2) is 42.5 Å². The van der Waals surface area contributed by atoms with Crippen LogP contribution in [0.4, 0.5) is 5.69 Å². The van der Waals surface area contributed by atoms with E-state index in [4.69, 9.17) is 15.2 Å². The fraction of sp³-hybridized carbons (Fsp3) is 0.455. The van der Waals surface area contributed by atoms with Gasteiger partial charge < -0.3 is 20.1 Å². The molecule has 0 amide bonds. The Hall–Kier alpha value is -2.20. The summed E-state index contributed by atoms with van der Waals surface area (Å²) in [7, 11) is 1.69. The number of methoxy groups -OCH3 is 1. The Labute approximate surface area is 156 Å². The van der Waals surface area contributed by atoms with Crippen LogP contribution in [0.3, 0.4) is 0 Å². The highest BCUT2D eigenvalue weighted by atomic mass is 16.5. The minimum Gasteiger partial charge on any atom is -0.493 e. The van der Waals surface area contributed by atoms with Crippen LogP contribution in [-0.2, 0) is 6.42 Å². The summed E-state index contributed by atoms with van der Waals surface area (Å²) in [6.45, 7) is 4.46. The molecule has 0 aliphatic carbocycles. The van der Waals surface area contributed by atoms with Gasteiger partial charge in [0, 0.05) is 18.8 Å². The molecule has 26 heavy (non-hydrogen) atoms. The van der Waals surface area contributed by atoms with Gasteiger partial charge in [0.2, 0.25) is 0 Å². The van der Waals surface area contributed by atoms with E-state index in [1.54, 1.807) is 7.11 Å². The van der Waals surface area contributed by atoms with E-state index < -0.39 is 0 Å². The number of unbranched alkanes of at least 4 members (excludes halogenated alkanes) is 1. The first-order valence-corrected chi connectivity index (χ1v) is 9.63. The predicted octanol–water partition coefficient (Wildman–Crippen LogP) is 4.33. The molecule has 3 rings (SSSR count). The zero-order chi connectivity index (χ0) is 18.4. The third-order valence-corrected chi connectivity index (χ3v) is 5.07. The fourth-order valence-corrected chi connectivity index (χ4v) is 3.67. The van der Waals surface area contributed by atoms with Gasteiger partial charge in [-0.15, -0.1) is 0 Å².